The number of aromatic nitrogens is 1. The van der Waals surface area contributed by atoms with Gasteiger partial charge in [0.2, 0.25) is 5.89 Å². The molecule has 3 heteroatoms. The van der Waals surface area contributed by atoms with Crippen LogP contribution < -0.4 is 0 Å². The Morgan fingerprint density at radius 1 is 1.44 bits per heavy atom. The van der Waals surface area contributed by atoms with E-state index in [1.807, 2.05) is 31.2 Å². The van der Waals surface area contributed by atoms with Crippen LogP contribution in [0.25, 0.3) is 11.5 Å². The number of benzene rings is 1. The fourth-order valence-corrected chi connectivity index (χ4v) is 1.75. The Balaban J connectivity index is 2.42. The van der Waals surface area contributed by atoms with Gasteiger partial charge in [0, 0.05) is 12.0 Å². The lowest BCUT2D eigenvalue weighted by Gasteiger charge is -2.11. The van der Waals surface area contributed by atoms with Gasteiger partial charge in [0.05, 0.1) is 6.20 Å². The third kappa shape index (κ3) is 2.03. The number of hydrogen-bond donors (Lipinski definition) is 0. The Bertz CT molecular complexity index is 463. The van der Waals surface area contributed by atoms with Gasteiger partial charge in [-0.05, 0) is 17.5 Å². The first kappa shape index (κ1) is 10.6. The van der Waals surface area contributed by atoms with Crippen molar-refractivity contribution >= 4 is 6.29 Å². The van der Waals surface area contributed by atoms with E-state index in [0.717, 1.165) is 17.4 Å². The number of oxazole rings is 1. The van der Waals surface area contributed by atoms with Gasteiger partial charge in [-0.2, -0.15) is 0 Å². The van der Waals surface area contributed by atoms with Crippen LogP contribution in [0.5, 0.6) is 0 Å². The first-order chi connectivity index (χ1) is 7.83. The zero-order chi connectivity index (χ0) is 11.4. The van der Waals surface area contributed by atoms with Gasteiger partial charge in [0.1, 0.15) is 12.5 Å². The van der Waals surface area contributed by atoms with Crippen LogP contribution in [0, 0.1) is 0 Å². The maximum Gasteiger partial charge on any atom is 0.226 e. The molecule has 0 saturated carbocycles. The van der Waals surface area contributed by atoms with E-state index in [-0.39, 0.29) is 5.92 Å². The number of carbonyl (C=O) groups is 1. The largest absolute Gasteiger partial charge is 0.445 e. The van der Waals surface area contributed by atoms with Crippen molar-refractivity contribution in [2.45, 2.75) is 19.3 Å². The van der Waals surface area contributed by atoms with Crippen molar-refractivity contribution in [3.05, 3.63) is 42.3 Å². The zero-order valence-corrected chi connectivity index (χ0v) is 9.09. The number of carbonyl (C=O) groups excluding carboxylic acids is 1. The second kappa shape index (κ2) is 4.75. The Morgan fingerprint density at radius 3 is 2.94 bits per heavy atom. The summed E-state index contributed by atoms with van der Waals surface area (Å²) in [7, 11) is 0. The van der Waals surface area contributed by atoms with Crippen molar-refractivity contribution in [1.82, 2.24) is 4.98 Å². The average Bonchev–Trinajstić information content (AvgIpc) is 2.83. The van der Waals surface area contributed by atoms with Gasteiger partial charge >= 0.3 is 0 Å². The minimum Gasteiger partial charge on any atom is -0.445 e. The zero-order valence-electron chi connectivity index (χ0n) is 9.09. The van der Waals surface area contributed by atoms with Crippen molar-refractivity contribution in [3.63, 3.8) is 0 Å². The average molecular weight is 215 g/mol. The van der Waals surface area contributed by atoms with Gasteiger partial charge in [-0.1, -0.05) is 25.1 Å². The number of nitrogens with zero attached hydrogens (tertiary/aromatic N) is 1. The summed E-state index contributed by atoms with van der Waals surface area (Å²) in [5, 5.41) is 0. The van der Waals surface area contributed by atoms with Crippen LogP contribution >= 0.6 is 0 Å². The van der Waals surface area contributed by atoms with Crippen LogP contribution in [0.2, 0.25) is 0 Å². The summed E-state index contributed by atoms with van der Waals surface area (Å²) >= 11 is 0. The standard InChI is InChI=1S/C13H13NO2/c1-10(6-8-15)11-4-2-3-5-12(11)13-14-7-9-16-13/h2-5,7-10H,6H2,1H3. The maximum absolute atomic E-state index is 10.5. The molecule has 1 aromatic heterocycles. The van der Waals surface area contributed by atoms with E-state index in [0.29, 0.717) is 12.3 Å². The van der Waals surface area contributed by atoms with Crippen molar-refractivity contribution in [3.8, 4) is 11.5 Å². The fraction of sp³-hybridized carbons (Fsp3) is 0.231. The minimum absolute atomic E-state index is 0.181. The van der Waals surface area contributed by atoms with E-state index in [1.54, 1.807) is 12.5 Å². The molecule has 1 aromatic carbocycles. The highest BCUT2D eigenvalue weighted by Gasteiger charge is 2.13. The molecule has 16 heavy (non-hydrogen) atoms. The van der Waals surface area contributed by atoms with Gasteiger partial charge in [-0.3, -0.25) is 0 Å². The summed E-state index contributed by atoms with van der Waals surface area (Å²) < 4.78 is 5.29. The highest BCUT2D eigenvalue weighted by Crippen LogP contribution is 2.29. The highest BCUT2D eigenvalue weighted by atomic mass is 16.3. The monoisotopic (exact) mass is 215 g/mol. The van der Waals surface area contributed by atoms with Crippen LogP contribution in [0.1, 0.15) is 24.8 Å². The normalized spacial score (nSPS) is 12.3. The predicted octanol–water partition coefficient (Wildman–Crippen LogP) is 3.03. The lowest BCUT2D eigenvalue weighted by Crippen LogP contribution is -1.97. The third-order valence-corrected chi connectivity index (χ3v) is 2.60. The van der Waals surface area contributed by atoms with Crippen molar-refractivity contribution in [2.24, 2.45) is 0 Å². The van der Waals surface area contributed by atoms with Crippen LogP contribution in [0.15, 0.2) is 41.1 Å². The van der Waals surface area contributed by atoms with E-state index < -0.39 is 0 Å². The summed E-state index contributed by atoms with van der Waals surface area (Å²) in [4.78, 5) is 14.7. The van der Waals surface area contributed by atoms with Crippen molar-refractivity contribution in [2.75, 3.05) is 0 Å². The molecule has 0 aliphatic rings. The van der Waals surface area contributed by atoms with E-state index >= 15 is 0 Å². The number of hydrogen-bond acceptors (Lipinski definition) is 3. The molecule has 0 amide bonds. The Labute approximate surface area is 94.1 Å². The van der Waals surface area contributed by atoms with Gasteiger partial charge in [-0.25, -0.2) is 4.98 Å². The molecule has 0 bridgehead atoms. The van der Waals surface area contributed by atoms with Gasteiger partial charge < -0.3 is 9.21 Å². The molecule has 0 spiro atoms. The van der Waals surface area contributed by atoms with E-state index in [9.17, 15) is 4.79 Å². The molecule has 0 N–H and O–H groups in total. The van der Waals surface area contributed by atoms with Crippen LogP contribution in [0.3, 0.4) is 0 Å². The molecule has 0 aliphatic heterocycles. The Hall–Kier alpha value is -1.90. The lowest BCUT2D eigenvalue weighted by molar-refractivity contribution is -0.108. The van der Waals surface area contributed by atoms with Gasteiger partial charge in [0.15, 0.2) is 0 Å². The smallest absolute Gasteiger partial charge is 0.226 e. The molecule has 0 fully saturated rings. The van der Waals surface area contributed by atoms with Crippen LogP contribution in [0.4, 0.5) is 0 Å². The molecule has 82 valence electrons. The van der Waals surface area contributed by atoms with Gasteiger partial charge in [-0.15, -0.1) is 0 Å². The second-order valence-electron chi connectivity index (χ2n) is 3.73. The summed E-state index contributed by atoms with van der Waals surface area (Å²) in [5.41, 5.74) is 2.05. The summed E-state index contributed by atoms with van der Waals surface area (Å²) in [5.74, 6) is 0.786. The molecule has 1 unspecified atom stereocenters. The molecule has 2 aromatic rings. The SMILES string of the molecule is CC(CC=O)c1ccccc1-c1ncco1. The number of aldehydes is 1. The predicted molar refractivity (Wildman–Crippen MR) is 61.0 cm³/mol. The van der Waals surface area contributed by atoms with Crippen molar-refractivity contribution in [1.29, 1.82) is 0 Å². The van der Waals surface area contributed by atoms with E-state index in [1.165, 1.54) is 0 Å². The maximum atomic E-state index is 10.5. The van der Waals surface area contributed by atoms with E-state index in [4.69, 9.17) is 4.42 Å². The Kier molecular flexibility index (Phi) is 3.15. The third-order valence-electron chi connectivity index (χ3n) is 2.60. The summed E-state index contributed by atoms with van der Waals surface area (Å²) in [6.07, 6.45) is 4.63. The second-order valence-corrected chi connectivity index (χ2v) is 3.73. The molecular formula is C13H13NO2. The highest BCUT2D eigenvalue weighted by molar-refractivity contribution is 5.61. The summed E-state index contributed by atoms with van der Waals surface area (Å²) in [6.45, 7) is 2.02. The van der Waals surface area contributed by atoms with Crippen LogP contribution in [-0.2, 0) is 4.79 Å². The number of rotatable bonds is 4. The first-order valence-corrected chi connectivity index (χ1v) is 5.25. The fourth-order valence-electron chi connectivity index (χ4n) is 1.75. The van der Waals surface area contributed by atoms with Crippen LogP contribution in [-0.4, -0.2) is 11.3 Å². The lowest BCUT2D eigenvalue weighted by atomic mass is 9.93. The molecule has 2 rings (SSSR count). The summed E-state index contributed by atoms with van der Waals surface area (Å²) in [6, 6.07) is 7.87. The molecular weight excluding hydrogens is 202 g/mol. The molecule has 1 heterocycles. The molecule has 3 nitrogen and oxygen atoms in total. The van der Waals surface area contributed by atoms with Crippen molar-refractivity contribution < 1.29 is 9.21 Å². The molecule has 0 saturated heterocycles. The Morgan fingerprint density at radius 2 is 2.25 bits per heavy atom. The van der Waals surface area contributed by atoms with E-state index in [2.05, 4.69) is 4.98 Å². The first-order valence-electron chi connectivity index (χ1n) is 5.25. The molecule has 0 radical (unpaired) electrons. The molecule has 0 aliphatic carbocycles. The quantitative estimate of drug-likeness (QED) is 0.736. The van der Waals surface area contributed by atoms with Gasteiger partial charge in [0.25, 0.3) is 0 Å². The topological polar surface area (TPSA) is 43.1 Å². The minimum atomic E-state index is 0.181. The molecule has 1 atom stereocenters.